The van der Waals surface area contributed by atoms with E-state index in [0.717, 1.165) is 6.54 Å². The summed E-state index contributed by atoms with van der Waals surface area (Å²) in [5.41, 5.74) is -0.444. The van der Waals surface area contributed by atoms with Gasteiger partial charge in [0.2, 0.25) is 0 Å². The van der Waals surface area contributed by atoms with Gasteiger partial charge in [0, 0.05) is 25.2 Å². The Balaban J connectivity index is 3.77. The van der Waals surface area contributed by atoms with Crippen molar-refractivity contribution in [2.24, 2.45) is 0 Å². The number of amides is 1. The van der Waals surface area contributed by atoms with Gasteiger partial charge in [-0.1, -0.05) is 0 Å². The van der Waals surface area contributed by atoms with Crippen molar-refractivity contribution in [3.8, 4) is 0 Å². The minimum Gasteiger partial charge on any atom is -0.444 e. The molecule has 0 spiro atoms. The minimum absolute atomic E-state index is 0.222. The van der Waals surface area contributed by atoms with E-state index >= 15 is 0 Å². The van der Waals surface area contributed by atoms with E-state index in [1.807, 2.05) is 27.7 Å². The molecule has 2 unspecified atom stereocenters. The lowest BCUT2D eigenvalue weighted by molar-refractivity contribution is 0.0523. The predicted octanol–water partition coefficient (Wildman–Crippen LogP) is 1.44. The predicted molar refractivity (Wildman–Crippen MR) is 74.9 cm³/mol. The molecule has 0 aliphatic heterocycles. The van der Waals surface area contributed by atoms with Crippen molar-refractivity contribution in [3.63, 3.8) is 0 Å². The molecule has 0 heterocycles. The van der Waals surface area contributed by atoms with Gasteiger partial charge in [-0.25, -0.2) is 4.79 Å². The first-order valence-corrected chi connectivity index (χ1v) is 6.48. The summed E-state index contributed by atoms with van der Waals surface area (Å²) in [5, 5.41) is 6.12. The zero-order valence-corrected chi connectivity index (χ0v) is 12.8. The smallest absolute Gasteiger partial charge is 0.407 e. The fourth-order valence-corrected chi connectivity index (χ4v) is 1.18. The normalized spacial score (nSPS) is 15.3. The van der Waals surface area contributed by atoms with Crippen molar-refractivity contribution in [3.05, 3.63) is 0 Å². The molecule has 18 heavy (non-hydrogen) atoms. The molecular formula is C13H29N3O2. The van der Waals surface area contributed by atoms with Gasteiger partial charge in [0.25, 0.3) is 0 Å². The van der Waals surface area contributed by atoms with Gasteiger partial charge in [-0.2, -0.15) is 0 Å². The second-order valence-corrected chi connectivity index (χ2v) is 6.00. The molecule has 1 amide bonds. The molecule has 0 aliphatic rings. The number of carbonyl (C=O) groups is 1. The average molecular weight is 259 g/mol. The molecule has 0 aliphatic carbocycles. The Morgan fingerprint density at radius 2 is 1.78 bits per heavy atom. The molecule has 0 bridgehead atoms. The van der Waals surface area contributed by atoms with Crippen LogP contribution in [0.5, 0.6) is 0 Å². The van der Waals surface area contributed by atoms with Gasteiger partial charge in [-0.3, -0.25) is 0 Å². The third-order valence-electron chi connectivity index (χ3n) is 2.59. The third kappa shape index (κ3) is 9.24. The molecule has 0 rings (SSSR count). The van der Waals surface area contributed by atoms with Crippen molar-refractivity contribution in [1.82, 2.24) is 15.5 Å². The molecule has 0 saturated heterocycles. The highest BCUT2D eigenvalue weighted by Gasteiger charge is 2.16. The molecule has 5 heteroatoms. The van der Waals surface area contributed by atoms with Crippen molar-refractivity contribution < 1.29 is 9.53 Å². The number of carbonyl (C=O) groups excluding carboxylic acids is 1. The van der Waals surface area contributed by atoms with Crippen LogP contribution in [0.15, 0.2) is 0 Å². The van der Waals surface area contributed by atoms with E-state index in [-0.39, 0.29) is 12.1 Å². The van der Waals surface area contributed by atoms with E-state index < -0.39 is 5.60 Å². The van der Waals surface area contributed by atoms with Crippen LogP contribution in [-0.4, -0.2) is 55.9 Å². The van der Waals surface area contributed by atoms with Gasteiger partial charge in [0.05, 0.1) is 0 Å². The molecule has 0 saturated carbocycles. The maximum absolute atomic E-state index is 11.4. The Hall–Kier alpha value is -0.810. The molecule has 2 N–H and O–H groups in total. The van der Waals surface area contributed by atoms with Crippen LogP contribution >= 0.6 is 0 Å². The number of likely N-dealkylation sites (N-methyl/N-ethyl adjacent to an activating group) is 1. The van der Waals surface area contributed by atoms with Crippen LogP contribution in [0.25, 0.3) is 0 Å². The first kappa shape index (κ1) is 17.2. The van der Waals surface area contributed by atoms with Crippen molar-refractivity contribution >= 4 is 6.09 Å². The molecule has 2 atom stereocenters. The van der Waals surface area contributed by atoms with Crippen molar-refractivity contribution in [1.29, 1.82) is 0 Å². The first-order valence-electron chi connectivity index (χ1n) is 6.48. The van der Waals surface area contributed by atoms with Gasteiger partial charge in [0.1, 0.15) is 5.60 Å². The number of nitrogens with one attached hydrogen (secondary N) is 2. The summed E-state index contributed by atoms with van der Waals surface area (Å²) in [6.45, 7) is 11.2. The second kappa shape index (κ2) is 7.59. The molecule has 0 aromatic carbocycles. The van der Waals surface area contributed by atoms with Gasteiger partial charge in [0.15, 0.2) is 0 Å². The van der Waals surface area contributed by atoms with Crippen LogP contribution in [0, 0.1) is 0 Å². The maximum atomic E-state index is 11.4. The summed E-state index contributed by atoms with van der Waals surface area (Å²) in [6.07, 6.45) is -0.364. The van der Waals surface area contributed by atoms with E-state index in [4.69, 9.17) is 4.74 Å². The number of hydrogen-bond acceptors (Lipinski definition) is 4. The molecule has 5 nitrogen and oxygen atoms in total. The Bertz CT molecular complexity index is 249. The summed E-state index contributed by atoms with van der Waals surface area (Å²) >= 11 is 0. The van der Waals surface area contributed by atoms with Crippen LogP contribution < -0.4 is 10.6 Å². The van der Waals surface area contributed by atoms with E-state index in [9.17, 15) is 4.79 Å². The van der Waals surface area contributed by atoms with E-state index in [0.29, 0.717) is 12.6 Å². The summed E-state index contributed by atoms with van der Waals surface area (Å²) in [5.74, 6) is 0. The second-order valence-electron chi connectivity index (χ2n) is 6.00. The highest BCUT2D eigenvalue weighted by molar-refractivity contribution is 5.67. The fourth-order valence-electron chi connectivity index (χ4n) is 1.18. The molecule has 0 aromatic heterocycles. The number of rotatable bonds is 6. The summed E-state index contributed by atoms with van der Waals surface area (Å²) in [7, 11) is 4.10. The topological polar surface area (TPSA) is 53.6 Å². The van der Waals surface area contributed by atoms with Gasteiger partial charge in [-0.05, 0) is 48.7 Å². The maximum Gasteiger partial charge on any atom is 0.407 e. The zero-order valence-electron chi connectivity index (χ0n) is 12.8. The SMILES string of the molecule is CC(CNC(=O)OC(C)(C)C)NCC(C)N(C)C. The summed E-state index contributed by atoms with van der Waals surface area (Å²) in [4.78, 5) is 13.6. The minimum atomic E-state index is -0.444. The lowest BCUT2D eigenvalue weighted by atomic mass is 10.2. The van der Waals surface area contributed by atoms with Crippen LogP contribution in [0.1, 0.15) is 34.6 Å². The standard InChI is InChI=1S/C13H29N3O2/c1-10(14-9-11(2)16(6)7)8-15-12(17)18-13(3,4)5/h10-11,14H,8-9H2,1-7H3,(H,15,17). The zero-order chi connectivity index (χ0) is 14.3. The Morgan fingerprint density at radius 1 is 1.22 bits per heavy atom. The van der Waals surface area contributed by atoms with Crippen LogP contribution in [0.2, 0.25) is 0 Å². The van der Waals surface area contributed by atoms with Crippen LogP contribution in [0.3, 0.4) is 0 Å². The van der Waals surface area contributed by atoms with E-state index in [1.54, 1.807) is 0 Å². The highest BCUT2D eigenvalue weighted by Crippen LogP contribution is 2.06. The average Bonchev–Trinajstić information content (AvgIpc) is 2.20. The molecule has 0 fully saturated rings. The number of hydrogen-bond donors (Lipinski definition) is 2. The van der Waals surface area contributed by atoms with Gasteiger partial charge < -0.3 is 20.3 Å². The molecule has 108 valence electrons. The lowest BCUT2D eigenvalue weighted by Crippen LogP contribution is -2.45. The Kier molecular flexibility index (Phi) is 7.25. The van der Waals surface area contributed by atoms with Gasteiger partial charge in [-0.15, -0.1) is 0 Å². The summed E-state index contributed by atoms with van der Waals surface area (Å²) in [6, 6.07) is 0.689. The van der Waals surface area contributed by atoms with Crippen molar-refractivity contribution in [2.45, 2.75) is 52.3 Å². The number of ether oxygens (including phenoxy) is 1. The lowest BCUT2D eigenvalue weighted by Gasteiger charge is -2.24. The highest BCUT2D eigenvalue weighted by atomic mass is 16.6. The molecular weight excluding hydrogens is 230 g/mol. The quantitative estimate of drug-likeness (QED) is 0.758. The van der Waals surface area contributed by atoms with Crippen molar-refractivity contribution in [2.75, 3.05) is 27.2 Å². The fraction of sp³-hybridized carbons (Fsp3) is 0.923. The monoisotopic (exact) mass is 259 g/mol. The Morgan fingerprint density at radius 3 is 2.22 bits per heavy atom. The summed E-state index contributed by atoms with van der Waals surface area (Å²) < 4.78 is 5.17. The molecule has 0 radical (unpaired) electrons. The Labute approximate surface area is 111 Å². The van der Waals surface area contributed by atoms with E-state index in [1.165, 1.54) is 0 Å². The number of alkyl carbamates (subject to hydrolysis) is 1. The molecule has 0 aromatic rings. The van der Waals surface area contributed by atoms with Crippen LogP contribution in [0.4, 0.5) is 4.79 Å². The van der Waals surface area contributed by atoms with E-state index in [2.05, 4.69) is 36.6 Å². The van der Waals surface area contributed by atoms with Crippen LogP contribution in [-0.2, 0) is 4.74 Å². The third-order valence-corrected chi connectivity index (χ3v) is 2.59. The largest absolute Gasteiger partial charge is 0.444 e. The van der Waals surface area contributed by atoms with Gasteiger partial charge >= 0.3 is 6.09 Å². The number of nitrogens with zero attached hydrogens (tertiary/aromatic N) is 1. The first-order chi connectivity index (χ1) is 8.11.